The van der Waals surface area contributed by atoms with Crippen LogP contribution in [0.4, 0.5) is 0 Å². The predicted molar refractivity (Wildman–Crippen MR) is 32.9 cm³/mol. The molecule has 0 aliphatic carbocycles. The number of nitrogens with one attached hydrogen (secondary N) is 1. The highest BCUT2D eigenvalue weighted by molar-refractivity contribution is 6.09. The molecular weight excluding hydrogens is 120 g/mol. The van der Waals surface area contributed by atoms with Crippen LogP contribution in [0.3, 0.4) is 0 Å². The first-order valence-electron chi connectivity index (χ1n) is 2.41. The Kier molecular flexibility index (Phi) is 1.44. The molecule has 0 spiro atoms. The first-order valence-corrected chi connectivity index (χ1v) is 2.41. The van der Waals surface area contributed by atoms with Crippen molar-refractivity contribution in [2.45, 2.75) is 6.42 Å². The zero-order valence-electron chi connectivity index (χ0n) is 4.66. The van der Waals surface area contributed by atoms with E-state index >= 15 is 0 Å². The van der Waals surface area contributed by atoms with E-state index in [9.17, 15) is 4.79 Å². The van der Waals surface area contributed by atoms with E-state index in [0.29, 0.717) is 5.84 Å². The van der Waals surface area contributed by atoms with E-state index in [-0.39, 0.29) is 12.3 Å². The highest BCUT2D eigenvalue weighted by atomic mass is 16.1. The van der Waals surface area contributed by atoms with Gasteiger partial charge in [0, 0.05) is 0 Å². The fourth-order valence-corrected chi connectivity index (χ4v) is 0.498. The van der Waals surface area contributed by atoms with Gasteiger partial charge in [-0.25, -0.2) is 4.99 Å². The van der Waals surface area contributed by atoms with Crippen LogP contribution in [0.2, 0.25) is 0 Å². The molecule has 1 rings (SSSR count). The Morgan fingerprint density at radius 1 is 1.89 bits per heavy atom. The van der Waals surface area contributed by atoms with Crippen molar-refractivity contribution in [3.63, 3.8) is 0 Å². The molecule has 0 aromatic carbocycles. The van der Waals surface area contributed by atoms with Crippen molar-refractivity contribution in [2.75, 3.05) is 0 Å². The molecule has 5 heteroatoms. The summed E-state index contributed by atoms with van der Waals surface area (Å²) in [6.07, 6.45) is 1.45. The molecule has 0 aromatic rings. The Morgan fingerprint density at radius 2 is 2.67 bits per heavy atom. The topological polar surface area (TPSA) is 79.8 Å². The molecule has 0 aromatic heterocycles. The minimum absolute atomic E-state index is 0.130. The molecule has 3 N–H and O–H groups in total. The highest BCUT2D eigenvalue weighted by Gasteiger charge is 2.08. The molecule has 5 nitrogen and oxygen atoms in total. The molecule has 1 heterocycles. The van der Waals surface area contributed by atoms with Gasteiger partial charge in [0.1, 0.15) is 0 Å². The summed E-state index contributed by atoms with van der Waals surface area (Å²) in [6.45, 7) is 0. The maximum atomic E-state index is 10.5. The summed E-state index contributed by atoms with van der Waals surface area (Å²) in [7, 11) is 0. The van der Waals surface area contributed by atoms with E-state index in [1.165, 1.54) is 6.34 Å². The minimum Gasteiger partial charge on any atom is -0.321 e. The third-order valence-corrected chi connectivity index (χ3v) is 0.907. The number of hydrogen-bond acceptors (Lipinski definition) is 3. The van der Waals surface area contributed by atoms with Crippen molar-refractivity contribution < 1.29 is 4.79 Å². The quantitative estimate of drug-likeness (QED) is 0.316. The summed E-state index contributed by atoms with van der Waals surface area (Å²) in [5.41, 5.74) is 0. The highest BCUT2D eigenvalue weighted by Crippen LogP contribution is 1.90. The van der Waals surface area contributed by atoms with Gasteiger partial charge in [-0.3, -0.25) is 4.79 Å². The lowest BCUT2D eigenvalue weighted by atomic mass is 10.3. The standard InChI is InChI=1S/C4H6N4O/c5-8-3-1-4(9)7-2-6-3/h2H,1,5H2,(H,6,7,8,9). The van der Waals surface area contributed by atoms with Crippen molar-refractivity contribution in [1.29, 1.82) is 0 Å². The van der Waals surface area contributed by atoms with Crippen LogP contribution < -0.4 is 11.2 Å². The van der Waals surface area contributed by atoms with Crippen LogP contribution >= 0.6 is 0 Å². The van der Waals surface area contributed by atoms with Crippen molar-refractivity contribution in [3.8, 4) is 0 Å². The zero-order chi connectivity index (χ0) is 6.69. The number of aliphatic imine (C=N–C) groups is 1. The van der Waals surface area contributed by atoms with Crippen LogP contribution in [-0.2, 0) is 4.79 Å². The molecule has 0 saturated heterocycles. The average molecular weight is 126 g/mol. The number of carbonyl (C=O) groups is 1. The number of amides is 1. The molecule has 0 atom stereocenters. The number of nitrogens with zero attached hydrogens (tertiary/aromatic N) is 2. The first-order chi connectivity index (χ1) is 4.33. The summed E-state index contributed by atoms with van der Waals surface area (Å²) in [5.74, 6) is 5.09. The lowest BCUT2D eigenvalue weighted by molar-refractivity contribution is -0.118. The van der Waals surface area contributed by atoms with Crippen molar-refractivity contribution in [1.82, 2.24) is 5.32 Å². The zero-order valence-corrected chi connectivity index (χ0v) is 4.66. The van der Waals surface area contributed by atoms with E-state index in [0.717, 1.165) is 0 Å². The molecule has 0 radical (unpaired) electrons. The minimum atomic E-state index is -0.130. The fraction of sp³-hybridized carbons (Fsp3) is 0.250. The number of amidine groups is 1. The van der Waals surface area contributed by atoms with Crippen LogP contribution in [0.5, 0.6) is 0 Å². The smallest absolute Gasteiger partial charge is 0.232 e. The number of hydrogen-bond donors (Lipinski definition) is 2. The molecule has 0 saturated carbocycles. The molecule has 48 valence electrons. The molecule has 0 fully saturated rings. The van der Waals surface area contributed by atoms with Gasteiger partial charge in [0.05, 0.1) is 12.8 Å². The molecule has 0 bridgehead atoms. The van der Waals surface area contributed by atoms with Gasteiger partial charge >= 0.3 is 0 Å². The lowest BCUT2D eigenvalue weighted by Crippen LogP contribution is -2.29. The second-order valence-electron chi connectivity index (χ2n) is 1.55. The van der Waals surface area contributed by atoms with E-state index in [1.54, 1.807) is 0 Å². The van der Waals surface area contributed by atoms with Gasteiger partial charge in [0.15, 0.2) is 5.84 Å². The fourth-order valence-electron chi connectivity index (χ4n) is 0.498. The maximum absolute atomic E-state index is 10.5. The van der Waals surface area contributed by atoms with E-state index < -0.39 is 0 Å². The summed E-state index contributed by atoms with van der Waals surface area (Å²) in [5, 5.41) is 5.64. The Hall–Kier alpha value is -1.39. The van der Waals surface area contributed by atoms with Crippen LogP contribution in [0.1, 0.15) is 6.42 Å². The number of carbonyl (C=O) groups excluding carboxylic acids is 1. The van der Waals surface area contributed by atoms with Crippen LogP contribution in [0, 0.1) is 0 Å². The van der Waals surface area contributed by atoms with E-state index in [1.807, 2.05) is 0 Å². The molecule has 9 heavy (non-hydrogen) atoms. The molecule has 1 aliphatic rings. The van der Waals surface area contributed by atoms with Gasteiger partial charge in [0.2, 0.25) is 5.91 Å². The number of hydrazone groups is 1. The van der Waals surface area contributed by atoms with Gasteiger partial charge in [-0.05, 0) is 0 Å². The Bertz CT molecular complexity index is 183. The first kappa shape index (κ1) is 5.74. The largest absolute Gasteiger partial charge is 0.321 e. The second-order valence-corrected chi connectivity index (χ2v) is 1.55. The van der Waals surface area contributed by atoms with Crippen molar-refractivity contribution in [2.24, 2.45) is 15.9 Å². The van der Waals surface area contributed by atoms with Crippen LogP contribution in [0.25, 0.3) is 0 Å². The number of rotatable bonds is 0. The van der Waals surface area contributed by atoms with E-state index in [4.69, 9.17) is 5.84 Å². The SMILES string of the molecule is N/N=C1\CC(=O)NC=N1. The second kappa shape index (κ2) is 2.25. The molecule has 1 aliphatic heterocycles. The normalized spacial score (nSPS) is 22.2. The van der Waals surface area contributed by atoms with Gasteiger partial charge < -0.3 is 11.2 Å². The van der Waals surface area contributed by atoms with Gasteiger partial charge in [-0.1, -0.05) is 0 Å². The van der Waals surface area contributed by atoms with E-state index in [2.05, 4.69) is 15.4 Å². The van der Waals surface area contributed by atoms with Crippen LogP contribution in [0.15, 0.2) is 10.1 Å². The lowest BCUT2D eigenvalue weighted by Gasteiger charge is -2.03. The Morgan fingerprint density at radius 3 is 3.11 bits per heavy atom. The third-order valence-electron chi connectivity index (χ3n) is 0.907. The summed E-state index contributed by atoms with van der Waals surface area (Å²) >= 11 is 0. The molecular formula is C4H6N4O. The monoisotopic (exact) mass is 126 g/mol. The summed E-state index contributed by atoms with van der Waals surface area (Å²) in [6, 6.07) is 0. The van der Waals surface area contributed by atoms with Gasteiger partial charge in [0.25, 0.3) is 0 Å². The number of nitrogens with two attached hydrogens (primary N) is 1. The summed E-state index contributed by atoms with van der Waals surface area (Å²) in [4.78, 5) is 14.2. The van der Waals surface area contributed by atoms with Crippen molar-refractivity contribution >= 4 is 18.1 Å². The molecule has 1 amide bonds. The average Bonchev–Trinajstić information content (AvgIpc) is 1.88. The summed E-state index contributed by atoms with van der Waals surface area (Å²) < 4.78 is 0. The van der Waals surface area contributed by atoms with Gasteiger partial charge in [-0.15, -0.1) is 0 Å². The maximum Gasteiger partial charge on any atom is 0.232 e. The Labute approximate surface area is 51.6 Å². The van der Waals surface area contributed by atoms with Crippen LogP contribution in [-0.4, -0.2) is 18.1 Å². The third kappa shape index (κ3) is 1.25. The van der Waals surface area contributed by atoms with Crippen molar-refractivity contribution in [3.05, 3.63) is 0 Å². The predicted octanol–water partition coefficient (Wildman–Crippen LogP) is -1.19. The Balaban J connectivity index is 2.71. The molecule has 0 unspecified atom stereocenters. The van der Waals surface area contributed by atoms with Gasteiger partial charge in [-0.2, -0.15) is 5.10 Å².